The third kappa shape index (κ3) is 4.39. The monoisotopic (exact) mass is 285 g/mol. The van der Waals surface area contributed by atoms with E-state index in [-0.39, 0.29) is 24.0 Å². The van der Waals surface area contributed by atoms with E-state index in [0.29, 0.717) is 13.2 Å². The van der Waals surface area contributed by atoms with Crippen LogP contribution in [0.1, 0.15) is 53.9 Å². The molecule has 116 valence electrons. The van der Waals surface area contributed by atoms with Crippen LogP contribution in [0.5, 0.6) is 0 Å². The molecule has 0 unspecified atom stereocenters. The lowest BCUT2D eigenvalue weighted by Crippen LogP contribution is -2.46. The minimum Gasteiger partial charge on any atom is -0.466 e. The van der Waals surface area contributed by atoms with Gasteiger partial charge >= 0.3 is 12.1 Å². The first-order valence-corrected chi connectivity index (χ1v) is 7.46. The van der Waals surface area contributed by atoms with E-state index in [1.807, 2.05) is 27.7 Å². The molecule has 0 aromatic carbocycles. The van der Waals surface area contributed by atoms with Crippen molar-refractivity contribution in [2.45, 2.75) is 65.5 Å². The molecule has 0 aliphatic heterocycles. The van der Waals surface area contributed by atoms with E-state index in [0.717, 1.165) is 19.3 Å². The Kier molecular flexibility index (Phi) is 5.84. The Bertz CT molecular complexity index is 348. The second-order valence-electron chi connectivity index (χ2n) is 6.12. The number of ether oxygens (including phenoxy) is 2. The third-order valence-corrected chi connectivity index (χ3v) is 3.44. The van der Waals surface area contributed by atoms with Gasteiger partial charge in [-0.2, -0.15) is 0 Å². The summed E-state index contributed by atoms with van der Waals surface area (Å²) in [4.78, 5) is 25.9. The molecule has 0 aromatic heterocycles. The van der Waals surface area contributed by atoms with Crippen molar-refractivity contribution >= 4 is 12.1 Å². The van der Waals surface area contributed by atoms with Crippen molar-refractivity contribution in [1.29, 1.82) is 0 Å². The van der Waals surface area contributed by atoms with Crippen LogP contribution in [0.15, 0.2) is 0 Å². The quantitative estimate of drug-likeness (QED) is 0.745. The second kappa shape index (κ2) is 6.95. The average Bonchev–Trinajstić information content (AvgIpc) is 2.77. The molecule has 1 rings (SSSR count). The van der Waals surface area contributed by atoms with Gasteiger partial charge in [-0.3, -0.25) is 4.79 Å². The van der Waals surface area contributed by atoms with E-state index in [1.165, 1.54) is 0 Å². The Morgan fingerprint density at radius 2 is 1.85 bits per heavy atom. The van der Waals surface area contributed by atoms with E-state index >= 15 is 0 Å². The Labute approximate surface area is 121 Å². The highest BCUT2D eigenvalue weighted by Gasteiger charge is 2.40. The molecule has 0 bridgehead atoms. The molecular weight excluding hydrogens is 258 g/mol. The summed E-state index contributed by atoms with van der Waals surface area (Å²) < 4.78 is 10.5. The van der Waals surface area contributed by atoms with Crippen molar-refractivity contribution < 1.29 is 19.1 Å². The maximum atomic E-state index is 12.3. The molecule has 1 aliphatic carbocycles. The van der Waals surface area contributed by atoms with Crippen molar-refractivity contribution in [2.24, 2.45) is 5.92 Å². The molecule has 1 aliphatic rings. The van der Waals surface area contributed by atoms with Crippen molar-refractivity contribution in [3.8, 4) is 0 Å². The van der Waals surface area contributed by atoms with Gasteiger partial charge in [0.15, 0.2) is 0 Å². The minimum absolute atomic E-state index is 0.103. The highest BCUT2D eigenvalue weighted by molar-refractivity contribution is 5.75. The molecule has 5 heteroatoms. The van der Waals surface area contributed by atoms with Crippen LogP contribution in [-0.2, 0) is 14.3 Å². The van der Waals surface area contributed by atoms with Gasteiger partial charge in [0.25, 0.3) is 0 Å². The van der Waals surface area contributed by atoms with Crippen LogP contribution in [0.2, 0.25) is 0 Å². The summed E-state index contributed by atoms with van der Waals surface area (Å²) in [5, 5.41) is 0. The Hall–Kier alpha value is -1.26. The summed E-state index contributed by atoms with van der Waals surface area (Å²) in [7, 11) is 0. The molecule has 20 heavy (non-hydrogen) atoms. The highest BCUT2D eigenvalue weighted by Crippen LogP contribution is 2.31. The summed E-state index contributed by atoms with van der Waals surface area (Å²) in [5.41, 5.74) is -0.525. The SMILES string of the molecule is CCOC(=O)[C@H]1CCC[C@@H]1N(CC)C(=O)OC(C)(C)C. The van der Waals surface area contributed by atoms with Gasteiger partial charge in [-0.1, -0.05) is 6.42 Å². The Morgan fingerprint density at radius 3 is 2.35 bits per heavy atom. The number of nitrogens with zero attached hydrogens (tertiary/aromatic N) is 1. The fourth-order valence-electron chi connectivity index (χ4n) is 2.66. The number of rotatable bonds is 4. The number of carbonyl (C=O) groups excluding carboxylic acids is 2. The lowest BCUT2D eigenvalue weighted by Gasteiger charge is -2.33. The molecule has 2 atom stereocenters. The average molecular weight is 285 g/mol. The van der Waals surface area contributed by atoms with Crippen LogP contribution >= 0.6 is 0 Å². The minimum atomic E-state index is -0.525. The zero-order chi connectivity index (χ0) is 15.3. The predicted molar refractivity (Wildman–Crippen MR) is 76.4 cm³/mol. The van der Waals surface area contributed by atoms with Crippen LogP contribution < -0.4 is 0 Å². The van der Waals surface area contributed by atoms with Crippen molar-refractivity contribution in [3.05, 3.63) is 0 Å². The fourth-order valence-corrected chi connectivity index (χ4v) is 2.66. The van der Waals surface area contributed by atoms with Gasteiger partial charge in [-0.05, 0) is 47.5 Å². The van der Waals surface area contributed by atoms with Crippen LogP contribution in [0.4, 0.5) is 4.79 Å². The van der Waals surface area contributed by atoms with Gasteiger partial charge < -0.3 is 14.4 Å². The van der Waals surface area contributed by atoms with Crippen molar-refractivity contribution in [3.63, 3.8) is 0 Å². The van der Waals surface area contributed by atoms with Gasteiger partial charge in [-0.15, -0.1) is 0 Å². The van der Waals surface area contributed by atoms with E-state index in [4.69, 9.17) is 9.47 Å². The number of esters is 1. The first kappa shape index (κ1) is 16.8. The Balaban J connectivity index is 2.77. The number of hydrogen-bond acceptors (Lipinski definition) is 4. The first-order valence-electron chi connectivity index (χ1n) is 7.46. The van der Waals surface area contributed by atoms with Crippen LogP contribution in [0.3, 0.4) is 0 Å². The maximum absolute atomic E-state index is 12.3. The molecule has 1 fully saturated rings. The molecule has 1 amide bonds. The third-order valence-electron chi connectivity index (χ3n) is 3.44. The topological polar surface area (TPSA) is 55.8 Å². The zero-order valence-corrected chi connectivity index (χ0v) is 13.3. The molecule has 0 saturated heterocycles. The molecule has 0 N–H and O–H groups in total. The molecule has 0 heterocycles. The predicted octanol–water partition coefficient (Wildman–Crippen LogP) is 2.98. The van der Waals surface area contributed by atoms with Gasteiger partial charge in [0.2, 0.25) is 0 Å². The van der Waals surface area contributed by atoms with Gasteiger partial charge in [0, 0.05) is 12.6 Å². The summed E-state index contributed by atoms with van der Waals surface area (Å²) in [6.45, 7) is 10.1. The van der Waals surface area contributed by atoms with Crippen molar-refractivity contribution in [2.75, 3.05) is 13.2 Å². The largest absolute Gasteiger partial charge is 0.466 e. The smallest absolute Gasteiger partial charge is 0.410 e. The number of amides is 1. The summed E-state index contributed by atoms with van der Waals surface area (Å²) in [6.07, 6.45) is 2.20. The van der Waals surface area contributed by atoms with Crippen LogP contribution in [0, 0.1) is 5.92 Å². The molecule has 1 saturated carbocycles. The number of hydrogen-bond donors (Lipinski definition) is 0. The summed E-state index contributed by atoms with van der Waals surface area (Å²) in [6, 6.07) is -0.103. The highest BCUT2D eigenvalue weighted by atomic mass is 16.6. The molecule has 0 aromatic rings. The lowest BCUT2D eigenvalue weighted by atomic mass is 10.0. The van der Waals surface area contributed by atoms with E-state index < -0.39 is 5.60 Å². The molecule has 0 spiro atoms. The Morgan fingerprint density at radius 1 is 1.20 bits per heavy atom. The lowest BCUT2D eigenvalue weighted by molar-refractivity contribution is -0.149. The summed E-state index contributed by atoms with van der Waals surface area (Å²) in [5.74, 6) is -0.417. The maximum Gasteiger partial charge on any atom is 0.410 e. The molecule has 5 nitrogen and oxygen atoms in total. The van der Waals surface area contributed by atoms with Crippen LogP contribution in [-0.4, -0.2) is 41.8 Å². The van der Waals surface area contributed by atoms with E-state index in [2.05, 4.69) is 0 Å². The van der Waals surface area contributed by atoms with Gasteiger partial charge in [-0.25, -0.2) is 4.79 Å². The normalized spacial score (nSPS) is 22.4. The fraction of sp³-hybridized carbons (Fsp3) is 0.867. The second-order valence-corrected chi connectivity index (χ2v) is 6.12. The zero-order valence-electron chi connectivity index (χ0n) is 13.3. The van der Waals surface area contributed by atoms with Gasteiger partial charge in [0.05, 0.1) is 12.5 Å². The number of carbonyl (C=O) groups is 2. The van der Waals surface area contributed by atoms with Crippen LogP contribution in [0.25, 0.3) is 0 Å². The molecule has 0 radical (unpaired) electrons. The van der Waals surface area contributed by atoms with Crippen molar-refractivity contribution in [1.82, 2.24) is 4.90 Å². The standard InChI is InChI=1S/C15H27NO4/c1-6-16(14(18)20-15(3,4)5)12-10-8-9-11(12)13(17)19-7-2/h11-12H,6-10H2,1-5H3/t11-,12-/m0/s1. The molecular formula is C15H27NO4. The van der Waals surface area contributed by atoms with Gasteiger partial charge in [0.1, 0.15) is 5.60 Å². The van der Waals surface area contributed by atoms with E-state index in [1.54, 1.807) is 11.8 Å². The van der Waals surface area contributed by atoms with E-state index in [9.17, 15) is 9.59 Å². The first-order chi connectivity index (χ1) is 9.30. The summed E-state index contributed by atoms with van der Waals surface area (Å²) >= 11 is 0.